The SMILES string of the molecule is COc1ccc(C2(c3ccc(OC)cc3)CC23CC3)cc1. The van der Waals surface area contributed by atoms with Crippen molar-refractivity contribution in [2.24, 2.45) is 5.41 Å². The molecule has 0 saturated heterocycles. The smallest absolute Gasteiger partial charge is 0.118 e. The predicted octanol–water partition coefficient (Wildman–Crippen LogP) is 4.17. The number of methoxy groups -OCH3 is 2. The average molecular weight is 280 g/mol. The van der Waals surface area contributed by atoms with Crippen LogP contribution < -0.4 is 9.47 Å². The molecule has 4 rings (SSSR count). The highest BCUT2D eigenvalue weighted by Crippen LogP contribution is 2.81. The summed E-state index contributed by atoms with van der Waals surface area (Å²) in [4.78, 5) is 0. The highest BCUT2D eigenvalue weighted by Gasteiger charge is 2.74. The molecule has 2 fully saturated rings. The van der Waals surface area contributed by atoms with E-state index < -0.39 is 0 Å². The molecule has 2 nitrogen and oxygen atoms in total. The fourth-order valence-corrected chi connectivity index (χ4v) is 3.95. The summed E-state index contributed by atoms with van der Waals surface area (Å²) in [5.41, 5.74) is 3.58. The van der Waals surface area contributed by atoms with E-state index in [1.807, 2.05) is 0 Å². The number of ether oxygens (including phenoxy) is 2. The molecule has 2 aromatic rings. The molecule has 21 heavy (non-hydrogen) atoms. The topological polar surface area (TPSA) is 18.5 Å². The first kappa shape index (κ1) is 12.8. The van der Waals surface area contributed by atoms with E-state index in [0.29, 0.717) is 5.41 Å². The summed E-state index contributed by atoms with van der Waals surface area (Å²) in [5.74, 6) is 1.85. The minimum atomic E-state index is 0.214. The Morgan fingerprint density at radius 1 is 0.714 bits per heavy atom. The second kappa shape index (κ2) is 4.27. The Bertz CT molecular complexity index is 603. The zero-order valence-electron chi connectivity index (χ0n) is 12.6. The lowest BCUT2D eigenvalue weighted by Gasteiger charge is -2.19. The van der Waals surface area contributed by atoms with Gasteiger partial charge in [0.05, 0.1) is 14.2 Å². The van der Waals surface area contributed by atoms with Gasteiger partial charge in [-0.05, 0) is 60.1 Å². The fraction of sp³-hybridized carbons (Fsp3) is 0.368. The molecule has 2 aliphatic carbocycles. The van der Waals surface area contributed by atoms with Crippen LogP contribution in [0, 0.1) is 5.41 Å². The fourth-order valence-electron chi connectivity index (χ4n) is 3.95. The molecule has 1 spiro atoms. The molecule has 0 unspecified atom stereocenters. The largest absolute Gasteiger partial charge is 0.497 e. The predicted molar refractivity (Wildman–Crippen MR) is 83.1 cm³/mol. The maximum Gasteiger partial charge on any atom is 0.118 e. The van der Waals surface area contributed by atoms with Gasteiger partial charge in [0, 0.05) is 5.41 Å². The van der Waals surface area contributed by atoms with Crippen LogP contribution in [0.25, 0.3) is 0 Å². The zero-order valence-corrected chi connectivity index (χ0v) is 12.6. The van der Waals surface area contributed by atoms with Crippen LogP contribution in [0.3, 0.4) is 0 Å². The van der Waals surface area contributed by atoms with Crippen LogP contribution in [-0.2, 0) is 5.41 Å². The maximum atomic E-state index is 5.29. The van der Waals surface area contributed by atoms with Crippen LogP contribution in [0.1, 0.15) is 30.4 Å². The third-order valence-electron chi connectivity index (χ3n) is 5.40. The van der Waals surface area contributed by atoms with Gasteiger partial charge in [-0.2, -0.15) is 0 Å². The van der Waals surface area contributed by atoms with Crippen LogP contribution in [-0.4, -0.2) is 14.2 Å². The van der Waals surface area contributed by atoms with Crippen LogP contribution in [0.2, 0.25) is 0 Å². The van der Waals surface area contributed by atoms with E-state index in [1.54, 1.807) is 14.2 Å². The van der Waals surface area contributed by atoms with Gasteiger partial charge >= 0.3 is 0 Å². The zero-order chi connectivity index (χ0) is 14.5. The molecule has 2 saturated carbocycles. The Morgan fingerprint density at radius 3 is 1.43 bits per heavy atom. The van der Waals surface area contributed by atoms with Crippen molar-refractivity contribution in [3.05, 3.63) is 59.7 Å². The highest BCUT2D eigenvalue weighted by molar-refractivity contribution is 5.55. The van der Waals surface area contributed by atoms with Crippen molar-refractivity contribution in [1.82, 2.24) is 0 Å². The van der Waals surface area contributed by atoms with E-state index in [9.17, 15) is 0 Å². The van der Waals surface area contributed by atoms with Crippen molar-refractivity contribution < 1.29 is 9.47 Å². The minimum absolute atomic E-state index is 0.214. The van der Waals surface area contributed by atoms with Crippen molar-refractivity contribution in [2.75, 3.05) is 14.2 Å². The summed E-state index contributed by atoms with van der Waals surface area (Å²) >= 11 is 0. The Labute approximate surface area is 125 Å². The molecule has 0 bridgehead atoms. The van der Waals surface area contributed by atoms with Gasteiger partial charge in [-0.1, -0.05) is 24.3 Å². The Kier molecular flexibility index (Phi) is 2.59. The van der Waals surface area contributed by atoms with Crippen LogP contribution in [0.4, 0.5) is 0 Å². The van der Waals surface area contributed by atoms with Crippen LogP contribution >= 0.6 is 0 Å². The van der Waals surface area contributed by atoms with Gasteiger partial charge in [0.2, 0.25) is 0 Å². The highest BCUT2D eigenvalue weighted by atomic mass is 16.5. The van der Waals surface area contributed by atoms with E-state index in [0.717, 1.165) is 11.5 Å². The summed E-state index contributed by atoms with van der Waals surface area (Å²) in [7, 11) is 3.43. The molecule has 2 aromatic carbocycles. The first-order valence-electron chi connectivity index (χ1n) is 7.53. The average Bonchev–Trinajstić information content (AvgIpc) is 3.47. The van der Waals surface area contributed by atoms with E-state index in [-0.39, 0.29) is 5.41 Å². The van der Waals surface area contributed by atoms with E-state index >= 15 is 0 Å². The molecule has 0 aromatic heterocycles. The molecule has 0 radical (unpaired) electrons. The molecule has 0 aliphatic heterocycles. The summed E-state index contributed by atoms with van der Waals surface area (Å²) in [6.45, 7) is 0. The molecular formula is C19H20O2. The molecule has 0 heterocycles. The van der Waals surface area contributed by atoms with E-state index in [2.05, 4.69) is 48.5 Å². The summed E-state index contributed by atoms with van der Waals surface area (Å²) in [6, 6.07) is 17.2. The van der Waals surface area contributed by atoms with Gasteiger partial charge < -0.3 is 9.47 Å². The van der Waals surface area contributed by atoms with Crippen LogP contribution in [0.5, 0.6) is 11.5 Å². The minimum Gasteiger partial charge on any atom is -0.497 e. The normalized spacial score (nSPS) is 20.1. The third kappa shape index (κ3) is 1.71. The monoisotopic (exact) mass is 280 g/mol. The molecule has 2 aliphatic rings. The van der Waals surface area contributed by atoms with Gasteiger partial charge in [-0.25, -0.2) is 0 Å². The van der Waals surface area contributed by atoms with E-state index in [4.69, 9.17) is 9.47 Å². The summed E-state index contributed by atoms with van der Waals surface area (Å²) < 4.78 is 10.6. The first-order valence-corrected chi connectivity index (χ1v) is 7.53. The van der Waals surface area contributed by atoms with Gasteiger partial charge in [0.25, 0.3) is 0 Å². The van der Waals surface area contributed by atoms with Crippen molar-refractivity contribution >= 4 is 0 Å². The first-order chi connectivity index (χ1) is 10.2. The van der Waals surface area contributed by atoms with Crippen molar-refractivity contribution in [1.29, 1.82) is 0 Å². The maximum absolute atomic E-state index is 5.29. The van der Waals surface area contributed by atoms with E-state index in [1.165, 1.54) is 30.4 Å². The number of hydrogen-bond acceptors (Lipinski definition) is 2. The van der Waals surface area contributed by atoms with Crippen molar-refractivity contribution in [2.45, 2.75) is 24.7 Å². The molecule has 0 amide bonds. The Morgan fingerprint density at radius 2 is 1.14 bits per heavy atom. The lowest BCUT2D eigenvalue weighted by molar-refractivity contribution is 0.414. The quantitative estimate of drug-likeness (QED) is 0.836. The molecular weight excluding hydrogens is 260 g/mol. The Hall–Kier alpha value is -1.96. The van der Waals surface area contributed by atoms with Gasteiger partial charge in [-0.3, -0.25) is 0 Å². The molecule has 2 heteroatoms. The van der Waals surface area contributed by atoms with Gasteiger partial charge in [-0.15, -0.1) is 0 Å². The lowest BCUT2D eigenvalue weighted by Crippen LogP contribution is -2.12. The lowest BCUT2D eigenvalue weighted by atomic mass is 9.85. The molecule has 0 N–H and O–H groups in total. The van der Waals surface area contributed by atoms with Gasteiger partial charge in [0.1, 0.15) is 11.5 Å². The van der Waals surface area contributed by atoms with Gasteiger partial charge in [0.15, 0.2) is 0 Å². The summed E-state index contributed by atoms with van der Waals surface area (Å²) in [5, 5.41) is 0. The summed E-state index contributed by atoms with van der Waals surface area (Å²) in [6.07, 6.45) is 3.98. The standard InChI is InChI=1S/C19H20O2/c1-20-16-7-3-14(4-8-16)19(13-18(19)11-12-18)15-5-9-17(21-2)10-6-15/h3-10H,11-13H2,1-2H3. The number of rotatable bonds is 4. The Balaban J connectivity index is 1.76. The number of hydrogen-bond donors (Lipinski definition) is 0. The van der Waals surface area contributed by atoms with Crippen LogP contribution in [0.15, 0.2) is 48.5 Å². The third-order valence-corrected chi connectivity index (χ3v) is 5.40. The molecule has 0 atom stereocenters. The second-order valence-electron chi connectivity index (χ2n) is 6.32. The van der Waals surface area contributed by atoms with Crippen molar-refractivity contribution in [3.63, 3.8) is 0 Å². The number of benzene rings is 2. The molecule has 108 valence electrons. The van der Waals surface area contributed by atoms with Crippen molar-refractivity contribution in [3.8, 4) is 11.5 Å². The second-order valence-corrected chi connectivity index (χ2v) is 6.32.